The van der Waals surface area contributed by atoms with Crippen LogP contribution in [0, 0.1) is 0 Å². The molecule has 0 amide bonds. The minimum absolute atomic E-state index is 0.0327. The molecule has 1 aromatic heterocycles. The lowest BCUT2D eigenvalue weighted by Gasteiger charge is -2.15. The Balaban J connectivity index is 2.23. The van der Waals surface area contributed by atoms with Crippen LogP contribution in [0.25, 0.3) is 0 Å². The van der Waals surface area contributed by atoms with Crippen molar-refractivity contribution < 1.29 is 17.9 Å². The predicted octanol–water partition coefficient (Wildman–Crippen LogP) is 2.74. The Kier molecular flexibility index (Phi) is 4.52. The lowest BCUT2D eigenvalue weighted by molar-refractivity contribution is -0.139. The average Bonchev–Trinajstić information content (AvgIpc) is 2.82. The van der Waals surface area contributed by atoms with Gasteiger partial charge in [-0.3, -0.25) is 0 Å². The number of imidazole rings is 1. The van der Waals surface area contributed by atoms with E-state index in [0.717, 1.165) is 6.07 Å². The van der Waals surface area contributed by atoms with Crippen molar-refractivity contribution in [1.82, 2.24) is 14.9 Å². The number of aryl methyl sites for hydroxylation is 1. The molecule has 114 valence electrons. The van der Waals surface area contributed by atoms with Gasteiger partial charge >= 0.3 is 6.18 Å². The molecule has 1 heterocycles. The maximum absolute atomic E-state index is 13.1. The second-order valence-electron chi connectivity index (χ2n) is 4.64. The number of nitrogens with zero attached hydrogens (tertiary/aromatic N) is 2. The molecule has 0 aliphatic heterocycles. The van der Waals surface area contributed by atoms with Gasteiger partial charge < -0.3 is 14.6 Å². The van der Waals surface area contributed by atoms with Crippen LogP contribution in [0.15, 0.2) is 30.7 Å². The topological polar surface area (TPSA) is 39.1 Å². The Labute approximate surface area is 120 Å². The number of aromatic nitrogens is 2. The zero-order chi connectivity index (χ0) is 15.5. The third-order valence-corrected chi connectivity index (χ3v) is 3.02. The average molecular weight is 299 g/mol. The van der Waals surface area contributed by atoms with Gasteiger partial charge in [-0.05, 0) is 24.7 Å². The van der Waals surface area contributed by atoms with Crippen molar-refractivity contribution in [1.29, 1.82) is 0 Å². The molecule has 0 aliphatic carbocycles. The summed E-state index contributed by atoms with van der Waals surface area (Å²) < 4.78 is 46.3. The van der Waals surface area contributed by atoms with Crippen molar-refractivity contribution >= 4 is 0 Å². The van der Waals surface area contributed by atoms with E-state index >= 15 is 0 Å². The van der Waals surface area contributed by atoms with Crippen LogP contribution in [0.2, 0.25) is 0 Å². The van der Waals surface area contributed by atoms with Crippen LogP contribution in [0.3, 0.4) is 0 Å². The standard InChI is InChI=1S/C14H16F3N3O/c1-18-6-10-3-4-13(12(5-10)14(15,16)17)21-8-11-7-19-9-20(11)2/h3-5,7,9,18H,6,8H2,1-2H3. The van der Waals surface area contributed by atoms with E-state index in [0.29, 0.717) is 17.8 Å². The van der Waals surface area contributed by atoms with Crippen LogP contribution in [0.5, 0.6) is 5.75 Å². The predicted molar refractivity (Wildman–Crippen MR) is 71.7 cm³/mol. The first-order chi connectivity index (χ1) is 9.91. The summed E-state index contributed by atoms with van der Waals surface area (Å²) in [6.07, 6.45) is -1.33. The summed E-state index contributed by atoms with van der Waals surface area (Å²) in [6.45, 7) is 0.399. The largest absolute Gasteiger partial charge is 0.487 e. The van der Waals surface area contributed by atoms with E-state index in [1.807, 2.05) is 0 Å². The summed E-state index contributed by atoms with van der Waals surface area (Å²) in [6, 6.07) is 4.07. The lowest BCUT2D eigenvalue weighted by atomic mass is 10.1. The van der Waals surface area contributed by atoms with Gasteiger partial charge in [0.1, 0.15) is 12.4 Å². The summed E-state index contributed by atoms with van der Waals surface area (Å²) in [4.78, 5) is 3.90. The highest BCUT2D eigenvalue weighted by Crippen LogP contribution is 2.37. The van der Waals surface area contributed by atoms with E-state index in [1.165, 1.54) is 6.07 Å². The highest BCUT2D eigenvalue weighted by atomic mass is 19.4. The smallest absolute Gasteiger partial charge is 0.419 e. The van der Waals surface area contributed by atoms with Gasteiger partial charge in [-0.1, -0.05) is 6.07 Å². The maximum Gasteiger partial charge on any atom is 0.419 e. The summed E-state index contributed by atoms with van der Waals surface area (Å²) in [7, 11) is 3.44. The molecule has 21 heavy (non-hydrogen) atoms. The van der Waals surface area contributed by atoms with Crippen molar-refractivity contribution in [3.8, 4) is 5.75 Å². The molecule has 2 aromatic rings. The quantitative estimate of drug-likeness (QED) is 0.922. The van der Waals surface area contributed by atoms with Crippen LogP contribution in [0.1, 0.15) is 16.8 Å². The number of rotatable bonds is 5. The Hall–Kier alpha value is -2.02. The molecule has 1 N–H and O–H groups in total. The van der Waals surface area contributed by atoms with Crippen LogP contribution >= 0.6 is 0 Å². The number of hydrogen-bond donors (Lipinski definition) is 1. The molecule has 0 spiro atoms. The molecule has 0 bridgehead atoms. The van der Waals surface area contributed by atoms with E-state index < -0.39 is 11.7 Å². The van der Waals surface area contributed by atoms with Crippen molar-refractivity contribution in [2.24, 2.45) is 7.05 Å². The fourth-order valence-corrected chi connectivity index (χ4v) is 1.91. The Bertz CT molecular complexity index is 608. The van der Waals surface area contributed by atoms with E-state index in [2.05, 4.69) is 10.3 Å². The summed E-state index contributed by atoms with van der Waals surface area (Å²) >= 11 is 0. The molecule has 0 saturated heterocycles. The highest BCUT2D eigenvalue weighted by molar-refractivity contribution is 5.39. The number of hydrogen-bond acceptors (Lipinski definition) is 3. The number of benzene rings is 1. The fourth-order valence-electron chi connectivity index (χ4n) is 1.91. The molecular weight excluding hydrogens is 283 g/mol. The zero-order valence-electron chi connectivity index (χ0n) is 11.7. The summed E-state index contributed by atoms with van der Waals surface area (Å²) in [5, 5.41) is 2.82. The normalized spacial score (nSPS) is 11.7. The van der Waals surface area contributed by atoms with Crippen LogP contribution in [-0.2, 0) is 26.4 Å². The molecular formula is C14H16F3N3O. The third-order valence-electron chi connectivity index (χ3n) is 3.02. The zero-order valence-corrected chi connectivity index (χ0v) is 11.7. The molecule has 0 radical (unpaired) electrons. The molecule has 4 nitrogen and oxygen atoms in total. The van der Waals surface area contributed by atoms with E-state index in [1.54, 1.807) is 37.3 Å². The first-order valence-electron chi connectivity index (χ1n) is 6.34. The van der Waals surface area contributed by atoms with E-state index in [4.69, 9.17) is 4.74 Å². The molecule has 0 unspecified atom stereocenters. The van der Waals surface area contributed by atoms with Gasteiger partial charge in [-0.2, -0.15) is 13.2 Å². The highest BCUT2D eigenvalue weighted by Gasteiger charge is 2.34. The number of halogens is 3. The lowest BCUT2D eigenvalue weighted by Crippen LogP contribution is -2.12. The fraction of sp³-hybridized carbons (Fsp3) is 0.357. The van der Waals surface area contributed by atoms with Gasteiger partial charge in [0.15, 0.2) is 0 Å². The van der Waals surface area contributed by atoms with Crippen LogP contribution in [0.4, 0.5) is 13.2 Å². The first kappa shape index (κ1) is 15.4. The molecule has 0 aliphatic rings. The molecule has 0 atom stereocenters. The maximum atomic E-state index is 13.1. The Morgan fingerprint density at radius 2 is 2.10 bits per heavy atom. The van der Waals surface area contributed by atoms with Gasteiger partial charge in [0.05, 0.1) is 23.8 Å². The van der Waals surface area contributed by atoms with Gasteiger partial charge in [0, 0.05) is 13.6 Å². The molecule has 1 aromatic carbocycles. The van der Waals surface area contributed by atoms with E-state index in [-0.39, 0.29) is 12.4 Å². The van der Waals surface area contributed by atoms with Crippen LogP contribution < -0.4 is 10.1 Å². The molecule has 0 saturated carbocycles. The SMILES string of the molecule is CNCc1ccc(OCc2cncn2C)c(C(F)(F)F)c1. The van der Waals surface area contributed by atoms with Crippen molar-refractivity contribution in [2.45, 2.75) is 19.3 Å². The molecule has 7 heteroatoms. The number of alkyl halides is 3. The van der Waals surface area contributed by atoms with Crippen LogP contribution in [-0.4, -0.2) is 16.6 Å². The van der Waals surface area contributed by atoms with Gasteiger partial charge in [-0.25, -0.2) is 4.98 Å². The number of ether oxygens (including phenoxy) is 1. The van der Waals surface area contributed by atoms with E-state index in [9.17, 15) is 13.2 Å². The van der Waals surface area contributed by atoms with Crippen molar-refractivity contribution in [3.05, 3.63) is 47.5 Å². The monoisotopic (exact) mass is 299 g/mol. The first-order valence-corrected chi connectivity index (χ1v) is 6.34. The Morgan fingerprint density at radius 1 is 1.33 bits per heavy atom. The second-order valence-corrected chi connectivity index (χ2v) is 4.64. The molecule has 2 rings (SSSR count). The van der Waals surface area contributed by atoms with Gasteiger partial charge in [0.2, 0.25) is 0 Å². The van der Waals surface area contributed by atoms with Gasteiger partial charge in [-0.15, -0.1) is 0 Å². The third kappa shape index (κ3) is 3.75. The summed E-state index contributed by atoms with van der Waals surface area (Å²) in [5.41, 5.74) is 0.484. The minimum atomic E-state index is -4.45. The summed E-state index contributed by atoms with van der Waals surface area (Å²) in [5.74, 6) is -0.177. The molecule has 0 fully saturated rings. The second kappa shape index (κ2) is 6.17. The van der Waals surface area contributed by atoms with Crippen molar-refractivity contribution in [3.63, 3.8) is 0 Å². The minimum Gasteiger partial charge on any atom is -0.487 e. The Morgan fingerprint density at radius 3 is 2.67 bits per heavy atom. The number of nitrogens with one attached hydrogen (secondary N) is 1. The van der Waals surface area contributed by atoms with Gasteiger partial charge in [0.25, 0.3) is 0 Å². The van der Waals surface area contributed by atoms with Crippen molar-refractivity contribution in [2.75, 3.05) is 7.05 Å².